The summed E-state index contributed by atoms with van der Waals surface area (Å²) in [6.45, 7) is 6.00. The molecule has 8 heavy (non-hydrogen) atoms. The van der Waals surface area contributed by atoms with Crippen LogP contribution in [0.25, 0.3) is 0 Å². The maximum atomic E-state index is 6.00. The molecule has 8 N–H and O–H groups in total. The Morgan fingerprint density at radius 3 is 0.625 bits per heavy atom. The molecule has 6 heteroatoms. The molecular formula is C2H12O6. The molecule has 0 aromatic rings. The van der Waals surface area contributed by atoms with Gasteiger partial charge in [0.2, 0.25) is 0 Å². The van der Waals surface area contributed by atoms with Crippen molar-refractivity contribution in [2.75, 3.05) is 0 Å². The van der Waals surface area contributed by atoms with Gasteiger partial charge in [0.05, 0.1) is 0 Å². The first-order valence-corrected chi connectivity index (χ1v) is 0.900. The number of hydrogen-bond acceptors (Lipinski definition) is 4. The van der Waals surface area contributed by atoms with Gasteiger partial charge in [0.1, 0.15) is 0 Å². The molecule has 0 heterocycles. The lowest BCUT2D eigenvalue weighted by atomic mass is 11.3. The monoisotopic (exact) mass is 132 g/mol. The summed E-state index contributed by atoms with van der Waals surface area (Å²) in [5.41, 5.74) is 0. The van der Waals surface area contributed by atoms with E-state index >= 15 is 0 Å². The minimum absolute atomic E-state index is 0. The van der Waals surface area contributed by atoms with E-state index in [2.05, 4.69) is 13.2 Å². The average molecular weight is 132 g/mol. The Bertz CT molecular complexity index is 6.49. The van der Waals surface area contributed by atoms with Crippen LogP contribution in [-0.4, -0.2) is 32.0 Å². The van der Waals surface area contributed by atoms with Crippen molar-refractivity contribution < 1.29 is 32.0 Å². The van der Waals surface area contributed by atoms with Crippen LogP contribution in [0.3, 0.4) is 0 Å². The van der Waals surface area contributed by atoms with Gasteiger partial charge in [-0.1, -0.05) is 0 Å². The first-order chi connectivity index (χ1) is 3.00. The summed E-state index contributed by atoms with van der Waals surface area (Å²) >= 11 is 0. The topological polar surface area (TPSA) is 144 Å². The molecule has 0 unspecified atom stereocenters. The molecule has 0 bridgehead atoms. The van der Waals surface area contributed by atoms with Crippen LogP contribution in [0.5, 0.6) is 0 Å². The Hall–Kier alpha value is -0.500. The van der Waals surface area contributed by atoms with E-state index in [1.165, 1.54) is 0 Å². The molecule has 0 aliphatic heterocycles. The van der Waals surface area contributed by atoms with E-state index in [9.17, 15) is 0 Å². The van der Waals surface area contributed by atoms with Gasteiger partial charge in [-0.15, -0.1) is 13.2 Å². The number of rotatable bonds is 0. The van der Waals surface area contributed by atoms with Gasteiger partial charge in [-0.3, -0.25) is 21.0 Å². The highest BCUT2D eigenvalue weighted by molar-refractivity contribution is 4.22. The smallest absolute Gasteiger partial charge is 0.106 e. The normalized spacial score (nSPS) is 2.00. The molecule has 0 aromatic carbocycles. The van der Waals surface area contributed by atoms with Crippen molar-refractivity contribution in [1.29, 1.82) is 0 Å². The predicted molar refractivity (Wildman–Crippen MR) is 29.0 cm³/mol. The number of hydrogen-bond donors (Lipinski definition) is 4. The van der Waals surface area contributed by atoms with Crippen LogP contribution in [0, 0.1) is 0 Å². The summed E-state index contributed by atoms with van der Waals surface area (Å²) in [7, 11) is 0. The van der Waals surface area contributed by atoms with Gasteiger partial charge in [-0.25, -0.2) is 0 Å². The van der Waals surface area contributed by atoms with Crippen LogP contribution in [0.1, 0.15) is 0 Å². The van der Waals surface area contributed by atoms with Crippen LogP contribution >= 0.6 is 0 Å². The van der Waals surface area contributed by atoms with Gasteiger partial charge in [-0.2, -0.15) is 0 Å². The highest BCUT2D eigenvalue weighted by atomic mass is 17.0. The van der Waals surface area contributed by atoms with Crippen LogP contribution in [-0.2, 0) is 0 Å². The SMILES string of the molecule is C=C.O.O.OO.OO. The molecule has 0 amide bonds. The third kappa shape index (κ3) is 446. The van der Waals surface area contributed by atoms with E-state index in [1.807, 2.05) is 0 Å². The minimum atomic E-state index is 0. The maximum absolute atomic E-state index is 6.00. The summed E-state index contributed by atoms with van der Waals surface area (Å²) in [4.78, 5) is 0. The zero-order valence-electron chi connectivity index (χ0n) is 4.20. The Balaban J connectivity index is -0.00000000500. The van der Waals surface area contributed by atoms with E-state index in [0.717, 1.165) is 0 Å². The molecule has 0 aliphatic carbocycles. The van der Waals surface area contributed by atoms with Gasteiger partial charge in [0.15, 0.2) is 0 Å². The van der Waals surface area contributed by atoms with Crippen molar-refractivity contribution in [3.05, 3.63) is 13.2 Å². The van der Waals surface area contributed by atoms with E-state index in [4.69, 9.17) is 21.0 Å². The molecule has 6 nitrogen and oxygen atoms in total. The first kappa shape index (κ1) is 50.7. The van der Waals surface area contributed by atoms with Crippen molar-refractivity contribution in [3.8, 4) is 0 Å². The summed E-state index contributed by atoms with van der Waals surface area (Å²) in [5.74, 6) is 0. The highest BCUT2D eigenvalue weighted by Crippen LogP contribution is 0.862. The van der Waals surface area contributed by atoms with Gasteiger partial charge in [0, 0.05) is 0 Å². The van der Waals surface area contributed by atoms with Crippen molar-refractivity contribution in [2.45, 2.75) is 0 Å². The Morgan fingerprint density at radius 2 is 0.625 bits per heavy atom. The average Bonchev–Trinajstić information content (AvgIpc) is 1.81. The second-order valence-corrected chi connectivity index (χ2v) is 0. The highest BCUT2D eigenvalue weighted by Gasteiger charge is 0.748. The quantitative estimate of drug-likeness (QED) is 0.194. The Morgan fingerprint density at radius 1 is 0.625 bits per heavy atom. The van der Waals surface area contributed by atoms with Crippen molar-refractivity contribution >= 4 is 0 Å². The zero-order valence-corrected chi connectivity index (χ0v) is 4.20. The fourth-order valence-electron chi connectivity index (χ4n) is 0. The molecule has 0 rings (SSSR count). The van der Waals surface area contributed by atoms with Crippen LogP contribution < -0.4 is 0 Å². The molecular weight excluding hydrogens is 120 g/mol. The standard InChI is InChI=1S/C2H4.2H2O2.2H2O/c3*1-2;;/h1-2H2;2*1-2H;2*1H2. The molecule has 0 spiro atoms. The van der Waals surface area contributed by atoms with Crippen LogP contribution in [0.2, 0.25) is 0 Å². The molecule has 0 atom stereocenters. The Labute approximate surface area is 46.4 Å². The fraction of sp³-hybridized carbons (Fsp3) is 0. The predicted octanol–water partition coefficient (Wildman–Crippen LogP) is -0.812. The second-order valence-electron chi connectivity index (χ2n) is 0. The van der Waals surface area contributed by atoms with Gasteiger partial charge < -0.3 is 11.0 Å². The molecule has 0 fully saturated rings. The molecule has 0 saturated heterocycles. The van der Waals surface area contributed by atoms with Crippen molar-refractivity contribution in [1.82, 2.24) is 0 Å². The molecule has 0 saturated carbocycles. The van der Waals surface area contributed by atoms with Crippen molar-refractivity contribution in [2.24, 2.45) is 0 Å². The van der Waals surface area contributed by atoms with E-state index < -0.39 is 0 Å². The lowest BCUT2D eigenvalue weighted by Gasteiger charge is -1.25. The Kier molecular flexibility index (Phi) is 4980. The van der Waals surface area contributed by atoms with E-state index in [-0.39, 0.29) is 11.0 Å². The molecule has 56 valence electrons. The lowest BCUT2D eigenvalue weighted by Crippen LogP contribution is -1.29. The maximum Gasteiger partial charge on any atom is -0.106 e. The summed E-state index contributed by atoms with van der Waals surface area (Å²) in [6.07, 6.45) is 0. The summed E-state index contributed by atoms with van der Waals surface area (Å²) < 4.78 is 0. The third-order valence-corrected chi connectivity index (χ3v) is 0. The van der Waals surface area contributed by atoms with Crippen molar-refractivity contribution in [3.63, 3.8) is 0 Å². The first-order valence-electron chi connectivity index (χ1n) is 0.900. The van der Waals surface area contributed by atoms with E-state index in [1.54, 1.807) is 0 Å². The van der Waals surface area contributed by atoms with Gasteiger partial charge in [0.25, 0.3) is 0 Å². The minimum Gasteiger partial charge on any atom is -0.412 e. The van der Waals surface area contributed by atoms with Crippen LogP contribution in [0.4, 0.5) is 0 Å². The molecule has 0 aliphatic rings. The zero-order chi connectivity index (χ0) is 6.00. The van der Waals surface area contributed by atoms with Gasteiger partial charge in [-0.05, 0) is 0 Å². The van der Waals surface area contributed by atoms with E-state index in [0.29, 0.717) is 0 Å². The van der Waals surface area contributed by atoms with Gasteiger partial charge >= 0.3 is 0 Å². The fourth-order valence-corrected chi connectivity index (χ4v) is 0. The molecule has 0 radical (unpaired) electrons. The summed E-state index contributed by atoms with van der Waals surface area (Å²) in [5, 5.41) is 24.0. The summed E-state index contributed by atoms with van der Waals surface area (Å²) in [6, 6.07) is 0. The largest absolute Gasteiger partial charge is 0.412 e. The second kappa shape index (κ2) is 787. The molecule has 0 aromatic heterocycles. The third-order valence-electron chi connectivity index (χ3n) is 0. The lowest BCUT2D eigenvalue weighted by molar-refractivity contribution is -0.176. The van der Waals surface area contributed by atoms with Crippen LogP contribution in [0.15, 0.2) is 13.2 Å².